The Morgan fingerprint density at radius 1 is 0.912 bits per heavy atom. The molecule has 0 bridgehead atoms. The van der Waals surface area contributed by atoms with E-state index in [0.717, 1.165) is 21.9 Å². The summed E-state index contributed by atoms with van der Waals surface area (Å²) in [5.41, 5.74) is 2.25. The average Bonchev–Trinajstić information content (AvgIpc) is 3.23. The number of hydrogen-bond acceptors (Lipinski definition) is 2. The fourth-order valence-corrected chi connectivity index (χ4v) is 4.58. The van der Waals surface area contributed by atoms with Gasteiger partial charge in [0.2, 0.25) is 0 Å². The van der Waals surface area contributed by atoms with Gasteiger partial charge in [-0.25, -0.2) is 9.18 Å². The number of carboxylic acid groups (broad SMARTS) is 1. The van der Waals surface area contributed by atoms with Crippen LogP contribution in [-0.2, 0) is 6.42 Å². The third-order valence-electron chi connectivity index (χ3n) is 5.98. The number of fused-ring (bicyclic) bond motifs is 2. The van der Waals surface area contributed by atoms with Gasteiger partial charge in [0, 0.05) is 21.9 Å². The molecule has 0 aliphatic heterocycles. The largest absolute Gasteiger partial charge is 0.493 e. The lowest BCUT2D eigenvalue weighted by Crippen LogP contribution is -2.04. The van der Waals surface area contributed by atoms with Crippen LogP contribution >= 0.6 is 11.6 Å². The van der Waals surface area contributed by atoms with E-state index in [9.17, 15) is 14.3 Å². The van der Waals surface area contributed by atoms with E-state index >= 15 is 0 Å². The molecule has 0 radical (unpaired) electrons. The van der Waals surface area contributed by atoms with Gasteiger partial charge in [0.1, 0.15) is 17.3 Å². The molecule has 0 saturated carbocycles. The molecule has 0 fully saturated rings. The van der Waals surface area contributed by atoms with E-state index in [1.165, 1.54) is 6.07 Å². The van der Waals surface area contributed by atoms with E-state index in [4.69, 9.17) is 16.3 Å². The maximum Gasteiger partial charge on any atom is 0.352 e. The molecule has 0 amide bonds. The summed E-state index contributed by atoms with van der Waals surface area (Å²) in [6.07, 6.45) is 1.11. The minimum Gasteiger partial charge on any atom is -0.493 e. The van der Waals surface area contributed by atoms with Crippen LogP contribution in [0.4, 0.5) is 4.39 Å². The van der Waals surface area contributed by atoms with Crippen molar-refractivity contribution in [3.8, 4) is 16.9 Å². The van der Waals surface area contributed by atoms with Crippen LogP contribution in [0.1, 0.15) is 22.5 Å². The smallest absolute Gasteiger partial charge is 0.352 e. The second kappa shape index (κ2) is 9.20. The Balaban J connectivity index is 1.43. The summed E-state index contributed by atoms with van der Waals surface area (Å²) in [4.78, 5) is 15.0. The van der Waals surface area contributed by atoms with Gasteiger partial charge in [0.05, 0.1) is 17.1 Å². The zero-order valence-corrected chi connectivity index (χ0v) is 18.9. The van der Waals surface area contributed by atoms with E-state index in [1.54, 1.807) is 24.3 Å². The molecule has 1 aromatic heterocycles. The topological polar surface area (TPSA) is 62.3 Å². The van der Waals surface area contributed by atoms with Crippen molar-refractivity contribution in [2.75, 3.05) is 6.61 Å². The summed E-state index contributed by atoms with van der Waals surface area (Å²) >= 11 is 5.98. The number of H-pyrrole nitrogens is 1. The molecule has 34 heavy (non-hydrogen) atoms. The van der Waals surface area contributed by atoms with Gasteiger partial charge >= 0.3 is 5.97 Å². The molecular weight excluding hydrogens is 453 g/mol. The highest BCUT2D eigenvalue weighted by Crippen LogP contribution is 2.35. The second-order valence-electron chi connectivity index (χ2n) is 8.04. The van der Waals surface area contributed by atoms with Crippen molar-refractivity contribution in [2.45, 2.75) is 12.8 Å². The summed E-state index contributed by atoms with van der Waals surface area (Å²) in [7, 11) is 0. The number of rotatable bonds is 7. The first-order valence-electron chi connectivity index (χ1n) is 11.0. The SMILES string of the molecule is O=C(O)c1[nH]c2c(-c3cccc(Cl)c3F)cccc2c1CCCOc1cccc2ccccc12. The molecule has 6 heteroatoms. The lowest BCUT2D eigenvalue weighted by Gasteiger charge is -2.10. The number of carboxylic acids is 1. The second-order valence-corrected chi connectivity index (χ2v) is 8.45. The Morgan fingerprint density at radius 2 is 1.62 bits per heavy atom. The molecule has 4 nitrogen and oxygen atoms in total. The number of hydrogen-bond donors (Lipinski definition) is 2. The number of carbonyl (C=O) groups is 1. The maximum atomic E-state index is 14.7. The van der Waals surface area contributed by atoms with Gasteiger partial charge in [0.15, 0.2) is 0 Å². The van der Waals surface area contributed by atoms with Crippen LogP contribution in [-0.4, -0.2) is 22.7 Å². The Kier molecular flexibility index (Phi) is 5.95. The number of aromatic nitrogens is 1. The Labute approximate surface area is 200 Å². The van der Waals surface area contributed by atoms with Crippen LogP contribution in [0.15, 0.2) is 78.9 Å². The summed E-state index contributed by atoms with van der Waals surface area (Å²) in [6.45, 7) is 0.433. The minimum absolute atomic E-state index is 0.0188. The van der Waals surface area contributed by atoms with E-state index in [0.29, 0.717) is 41.7 Å². The van der Waals surface area contributed by atoms with Crippen molar-refractivity contribution >= 4 is 39.2 Å². The van der Waals surface area contributed by atoms with Crippen molar-refractivity contribution in [1.29, 1.82) is 0 Å². The fourth-order valence-electron chi connectivity index (χ4n) is 4.40. The van der Waals surface area contributed by atoms with Crippen LogP contribution in [0, 0.1) is 5.82 Å². The highest BCUT2D eigenvalue weighted by atomic mass is 35.5. The first-order valence-corrected chi connectivity index (χ1v) is 11.3. The quantitative estimate of drug-likeness (QED) is 0.241. The summed E-state index contributed by atoms with van der Waals surface area (Å²) in [5.74, 6) is -0.791. The van der Waals surface area contributed by atoms with Crippen LogP contribution < -0.4 is 4.74 Å². The van der Waals surface area contributed by atoms with Crippen LogP contribution in [0.2, 0.25) is 5.02 Å². The Hall–Kier alpha value is -3.83. The van der Waals surface area contributed by atoms with Gasteiger partial charge in [-0.3, -0.25) is 0 Å². The number of halogens is 2. The van der Waals surface area contributed by atoms with Gasteiger partial charge in [-0.15, -0.1) is 0 Å². The molecule has 0 aliphatic rings. The third-order valence-corrected chi connectivity index (χ3v) is 6.27. The molecule has 0 saturated heterocycles. The van der Waals surface area contributed by atoms with Gasteiger partial charge in [-0.2, -0.15) is 0 Å². The summed E-state index contributed by atoms with van der Waals surface area (Å²) in [5, 5.41) is 12.7. The molecule has 0 aliphatic carbocycles. The van der Waals surface area contributed by atoms with Crippen molar-refractivity contribution in [3.63, 3.8) is 0 Å². The van der Waals surface area contributed by atoms with Crippen LogP contribution in [0.3, 0.4) is 0 Å². The minimum atomic E-state index is -1.06. The standard InChI is InChI=1S/C28H21ClFNO3/c29-23-14-5-10-19(25(23)30)20-11-4-12-21-22(27(28(32)33)31-26(20)21)13-6-16-34-24-15-3-8-17-7-1-2-9-18(17)24/h1-5,7-12,14-15,31H,6,13,16H2,(H,32,33). The number of aryl methyl sites for hydroxylation is 1. The maximum absolute atomic E-state index is 14.7. The molecule has 0 unspecified atom stereocenters. The highest BCUT2D eigenvalue weighted by molar-refractivity contribution is 6.31. The van der Waals surface area contributed by atoms with E-state index in [1.807, 2.05) is 48.5 Å². The highest BCUT2D eigenvalue weighted by Gasteiger charge is 2.20. The normalized spacial score (nSPS) is 11.2. The van der Waals surface area contributed by atoms with Crippen molar-refractivity contribution < 1.29 is 19.0 Å². The number of aromatic carboxylic acids is 1. The number of benzene rings is 4. The number of ether oxygens (including phenoxy) is 1. The first-order chi connectivity index (χ1) is 16.5. The molecule has 0 atom stereocenters. The monoisotopic (exact) mass is 473 g/mol. The zero-order chi connectivity index (χ0) is 23.7. The number of nitrogens with one attached hydrogen (secondary N) is 1. The van der Waals surface area contributed by atoms with E-state index in [2.05, 4.69) is 4.98 Å². The molecular formula is C28H21ClFNO3. The fraction of sp³-hybridized carbons (Fsp3) is 0.107. The molecule has 1 heterocycles. The molecule has 2 N–H and O–H groups in total. The van der Waals surface area contributed by atoms with E-state index < -0.39 is 11.8 Å². The van der Waals surface area contributed by atoms with Gasteiger partial charge in [0.25, 0.3) is 0 Å². The van der Waals surface area contributed by atoms with Crippen molar-refractivity contribution in [1.82, 2.24) is 4.98 Å². The predicted octanol–water partition coefficient (Wildman–Crippen LogP) is 7.49. The van der Waals surface area contributed by atoms with Crippen LogP contribution in [0.5, 0.6) is 5.75 Å². The molecule has 170 valence electrons. The molecule has 4 aromatic carbocycles. The summed E-state index contributed by atoms with van der Waals surface area (Å²) in [6, 6.07) is 24.1. The van der Waals surface area contributed by atoms with Gasteiger partial charge in [-0.05, 0) is 35.9 Å². The number of para-hydroxylation sites is 1. The predicted molar refractivity (Wildman–Crippen MR) is 133 cm³/mol. The molecule has 5 rings (SSSR count). The van der Waals surface area contributed by atoms with E-state index in [-0.39, 0.29) is 10.7 Å². The van der Waals surface area contributed by atoms with Gasteiger partial charge in [-0.1, -0.05) is 78.3 Å². The van der Waals surface area contributed by atoms with Gasteiger partial charge < -0.3 is 14.8 Å². The number of aromatic amines is 1. The Morgan fingerprint density at radius 3 is 2.47 bits per heavy atom. The first kappa shape index (κ1) is 22.0. The summed E-state index contributed by atoms with van der Waals surface area (Å²) < 4.78 is 20.8. The Bertz CT molecular complexity index is 1520. The lowest BCUT2D eigenvalue weighted by atomic mass is 9.99. The zero-order valence-electron chi connectivity index (χ0n) is 18.1. The van der Waals surface area contributed by atoms with Crippen molar-refractivity contribution in [3.05, 3.63) is 101 Å². The molecule has 0 spiro atoms. The molecule has 5 aromatic rings. The third kappa shape index (κ3) is 3.99. The lowest BCUT2D eigenvalue weighted by molar-refractivity contribution is 0.0690. The average molecular weight is 474 g/mol. The van der Waals surface area contributed by atoms with Crippen LogP contribution in [0.25, 0.3) is 32.8 Å². The van der Waals surface area contributed by atoms with Crippen molar-refractivity contribution in [2.24, 2.45) is 0 Å².